The fourth-order valence-electron chi connectivity index (χ4n) is 1.95. The van der Waals surface area contributed by atoms with Crippen LogP contribution in [0.25, 0.3) is 5.69 Å². The summed E-state index contributed by atoms with van der Waals surface area (Å²) in [7, 11) is 0. The largest absolute Gasteiger partial charge is 0.416 e. The summed E-state index contributed by atoms with van der Waals surface area (Å²) >= 11 is 5.96. The number of nitrogens with zero attached hydrogens (tertiary/aromatic N) is 3. The first kappa shape index (κ1) is 14.8. The number of alkyl halides is 3. The topological polar surface area (TPSA) is 30.7 Å². The molecule has 0 saturated heterocycles. The van der Waals surface area contributed by atoms with E-state index in [-0.39, 0.29) is 5.28 Å². The maximum atomic E-state index is 12.8. The van der Waals surface area contributed by atoms with Gasteiger partial charge in [0.05, 0.1) is 11.3 Å². The van der Waals surface area contributed by atoms with Crippen molar-refractivity contribution in [1.29, 1.82) is 0 Å². The van der Waals surface area contributed by atoms with Crippen molar-refractivity contribution in [2.45, 2.75) is 32.9 Å². The lowest BCUT2D eigenvalue weighted by molar-refractivity contribution is -0.137. The molecule has 0 radical (unpaired) electrons. The lowest BCUT2D eigenvalue weighted by atomic mass is 10.1. The van der Waals surface area contributed by atoms with Gasteiger partial charge in [-0.15, -0.1) is 10.2 Å². The van der Waals surface area contributed by atoms with Gasteiger partial charge in [0, 0.05) is 6.42 Å². The molecule has 1 aromatic carbocycles. The Bertz CT molecular complexity index is 620. The minimum atomic E-state index is -4.39. The fraction of sp³-hybridized carbons (Fsp3) is 0.385. The maximum Gasteiger partial charge on any atom is 0.416 e. The molecule has 1 aromatic heterocycles. The number of benzene rings is 1. The van der Waals surface area contributed by atoms with Gasteiger partial charge in [-0.05, 0) is 42.6 Å². The van der Waals surface area contributed by atoms with Crippen molar-refractivity contribution < 1.29 is 13.2 Å². The van der Waals surface area contributed by atoms with Gasteiger partial charge in [-0.2, -0.15) is 13.2 Å². The van der Waals surface area contributed by atoms with Crippen molar-refractivity contribution in [2.24, 2.45) is 0 Å². The number of hydrogen-bond acceptors (Lipinski definition) is 2. The number of aromatic nitrogens is 3. The summed E-state index contributed by atoms with van der Waals surface area (Å²) in [5, 5.41) is 7.72. The highest BCUT2D eigenvalue weighted by Crippen LogP contribution is 2.32. The van der Waals surface area contributed by atoms with Crippen LogP contribution in [0, 0.1) is 6.92 Å². The summed E-state index contributed by atoms with van der Waals surface area (Å²) in [5.74, 6) is 0.555. The summed E-state index contributed by atoms with van der Waals surface area (Å²) in [4.78, 5) is 0. The smallest absolute Gasteiger partial charge is 0.269 e. The Morgan fingerprint density at radius 1 is 1.25 bits per heavy atom. The lowest BCUT2D eigenvalue weighted by Gasteiger charge is -2.14. The quantitative estimate of drug-likeness (QED) is 0.851. The molecule has 7 heteroatoms. The average molecular weight is 304 g/mol. The van der Waals surface area contributed by atoms with Gasteiger partial charge in [0.25, 0.3) is 0 Å². The molecule has 0 spiro atoms. The number of aryl methyl sites for hydroxylation is 2. The van der Waals surface area contributed by atoms with E-state index in [9.17, 15) is 13.2 Å². The Balaban J connectivity index is 2.60. The molecule has 2 aromatic rings. The van der Waals surface area contributed by atoms with Crippen LogP contribution in [0.1, 0.15) is 30.3 Å². The molecule has 20 heavy (non-hydrogen) atoms. The van der Waals surface area contributed by atoms with E-state index in [1.807, 2.05) is 6.92 Å². The number of halogens is 4. The van der Waals surface area contributed by atoms with Crippen LogP contribution >= 0.6 is 11.6 Å². The van der Waals surface area contributed by atoms with E-state index in [4.69, 9.17) is 11.6 Å². The Hall–Kier alpha value is -1.56. The molecule has 0 bridgehead atoms. The molecule has 1 heterocycles. The molecular formula is C13H13ClF3N3. The maximum absolute atomic E-state index is 12.8. The highest BCUT2D eigenvalue weighted by atomic mass is 35.5. The standard InChI is InChI=1S/C13H13ClF3N3/c1-3-4-11-18-19-12(14)20(11)10-7-9(13(15,16)17)6-5-8(10)2/h5-7H,3-4H2,1-2H3. The molecule has 0 aliphatic rings. The van der Waals surface area contributed by atoms with Gasteiger partial charge >= 0.3 is 6.18 Å². The van der Waals surface area contributed by atoms with E-state index >= 15 is 0 Å². The summed E-state index contributed by atoms with van der Waals surface area (Å²) in [6.45, 7) is 3.67. The molecule has 108 valence electrons. The molecule has 0 atom stereocenters. The van der Waals surface area contributed by atoms with Gasteiger partial charge in [0.2, 0.25) is 5.28 Å². The van der Waals surface area contributed by atoms with Crippen LogP contribution < -0.4 is 0 Å². The highest BCUT2D eigenvalue weighted by Gasteiger charge is 2.31. The van der Waals surface area contributed by atoms with E-state index in [0.29, 0.717) is 23.5 Å². The lowest BCUT2D eigenvalue weighted by Crippen LogP contribution is -2.09. The monoisotopic (exact) mass is 303 g/mol. The van der Waals surface area contributed by atoms with Gasteiger partial charge in [0.1, 0.15) is 5.82 Å². The Labute approximate surface area is 119 Å². The molecule has 0 aliphatic carbocycles. The second kappa shape index (κ2) is 5.44. The Morgan fingerprint density at radius 3 is 2.55 bits per heavy atom. The minimum absolute atomic E-state index is 0.0656. The Kier molecular flexibility index (Phi) is 4.04. The van der Waals surface area contributed by atoms with Crippen LogP contribution in [-0.4, -0.2) is 14.8 Å². The van der Waals surface area contributed by atoms with E-state index in [0.717, 1.165) is 18.6 Å². The third kappa shape index (κ3) is 2.80. The van der Waals surface area contributed by atoms with Crippen molar-refractivity contribution in [3.63, 3.8) is 0 Å². The second-order valence-electron chi connectivity index (χ2n) is 4.47. The van der Waals surface area contributed by atoms with Gasteiger partial charge in [0.15, 0.2) is 0 Å². The van der Waals surface area contributed by atoms with E-state index in [2.05, 4.69) is 10.2 Å². The fourth-order valence-corrected chi connectivity index (χ4v) is 2.17. The van der Waals surface area contributed by atoms with Crippen molar-refractivity contribution in [2.75, 3.05) is 0 Å². The molecule has 2 rings (SSSR count). The summed E-state index contributed by atoms with van der Waals surface area (Å²) in [6.07, 6.45) is -3.00. The summed E-state index contributed by atoms with van der Waals surface area (Å²) in [6, 6.07) is 3.55. The zero-order valence-corrected chi connectivity index (χ0v) is 11.8. The van der Waals surface area contributed by atoms with Gasteiger partial charge in [-0.25, -0.2) is 0 Å². The van der Waals surface area contributed by atoms with E-state index < -0.39 is 11.7 Å². The molecule has 3 nitrogen and oxygen atoms in total. The third-order valence-electron chi connectivity index (χ3n) is 2.94. The number of rotatable bonds is 3. The zero-order valence-electron chi connectivity index (χ0n) is 11.0. The van der Waals surface area contributed by atoms with Crippen LogP contribution in [0.3, 0.4) is 0 Å². The van der Waals surface area contributed by atoms with Gasteiger partial charge in [-0.1, -0.05) is 13.0 Å². The first-order valence-electron chi connectivity index (χ1n) is 6.12. The van der Waals surface area contributed by atoms with Crippen molar-refractivity contribution in [3.05, 3.63) is 40.4 Å². The third-order valence-corrected chi connectivity index (χ3v) is 3.19. The summed E-state index contributed by atoms with van der Waals surface area (Å²) in [5.41, 5.74) is 0.320. The normalized spacial score (nSPS) is 11.9. The molecule has 0 aliphatic heterocycles. The molecule has 0 fully saturated rings. The molecule has 0 amide bonds. The molecule has 0 unspecified atom stereocenters. The Morgan fingerprint density at radius 2 is 1.95 bits per heavy atom. The van der Waals surface area contributed by atoms with Gasteiger partial charge in [-0.3, -0.25) is 4.57 Å². The zero-order chi connectivity index (χ0) is 14.9. The van der Waals surface area contributed by atoms with Crippen molar-refractivity contribution in [3.8, 4) is 5.69 Å². The minimum Gasteiger partial charge on any atom is -0.269 e. The number of hydrogen-bond donors (Lipinski definition) is 0. The predicted molar refractivity (Wildman–Crippen MR) is 70.1 cm³/mol. The molecular weight excluding hydrogens is 291 g/mol. The molecule has 0 N–H and O–H groups in total. The molecule has 0 saturated carbocycles. The van der Waals surface area contributed by atoms with E-state index in [1.54, 1.807) is 6.92 Å². The van der Waals surface area contributed by atoms with Crippen molar-refractivity contribution >= 4 is 11.6 Å². The average Bonchev–Trinajstić information content (AvgIpc) is 2.70. The van der Waals surface area contributed by atoms with Crippen LogP contribution in [0.15, 0.2) is 18.2 Å². The van der Waals surface area contributed by atoms with Crippen LogP contribution in [0.2, 0.25) is 5.28 Å². The first-order chi connectivity index (χ1) is 9.34. The van der Waals surface area contributed by atoms with Crippen LogP contribution in [0.5, 0.6) is 0 Å². The second-order valence-corrected chi connectivity index (χ2v) is 4.81. The highest BCUT2D eigenvalue weighted by molar-refractivity contribution is 6.28. The predicted octanol–water partition coefficient (Wildman–Crippen LogP) is 4.20. The van der Waals surface area contributed by atoms with Crippen molar-refractivity contribution in [1.82, 2.24) is 14.8 Å². The van der Waals surface area contributed by atoms with E-state index in [1.165, 1.54) is 10.6 Å². The summed E-state index contributed by atoms with van der Waals surface area (Å²) < 4.78 is 39.9. The van der Waals surface area contributed by atoms with Crippen LogP contribution in [-0.2, 0) is 12.6 Å². The first-order valence-corrected chi connectivity index (χ1v) is 6.50. The van der Waals surface area contributed by atoms with Gasteiger partial charge < -0.3 is 0 Å². The van der Waals surface area contributed by atoms with Crippen LogP contribution in [0.4, 0.5) is 13.2 Å². The SMILES string of the molecule is CCCc1nnc(Cl)n1-c1cc(C(F)(F)F)ccc1C.